The Hall–Kier alpha value is -1.66. The molecule has 2 N–H and O–H groups in total. The lowest BCUT2D eigenvalue weighted by Crippen LogP contribution is -2.26. The van der Waals surface area contributed by atoms with Crippen LogP contribution in [-0.4, -0.2) is 23.6 Å². The Morgan fingerprint density at radius 1 is 1.50 bits per heavy atom. The van der Waals surface area contributed by atoms with E-state index in [9.17, 15) is 14.0 Å². The summed E-state index contributed by atoms with van der Waals surface area (Å²) in [6.07, 6.45) is 0. The van der Waals surface area contributed by atoms with E-state index in [0.29, 0.717) is 0 Å². The van der Waals surface area contributed by atoms with Crippen molar-refractivity contribution in [2.45, 2.75) is 0 Å². The summed E-state index contributed by atoms with van der Waals surface area (Å²) in [6, 6.07) is 3.32. The number of carboxylic acid groups (broad SMARTS) is 1. The Balaban J connectivity index is 2.59. The molecule has 0 heterocycles. The van der Waals surface area contributed by atoms with E-state index < -0.39 is 24.3 Å². The number of aliphatic carboxylic acids is 1. The highest BCUT2D eigenvalue weighted by atomic mass is 35.5. The van der Waals surface area contributed by atoms with E-state index in [-0.39, 0.29) is 10.6 Å². The predicted molar refractivity (Wildman–Crippen MR) is 52.5 cm³/mol. The molecule has 86 valence electrons. The zero-order valence-electron chi connectivity index (χ0n) is 7.87. The fourth-order valence-electron chi connectivity index (χ4n) is 0.860. The van der Waals surface area contributed by atoms with Crippen LogP contribution in [0.1, 0.15) is 10.4 Å². The molecule has 0 atom stereocenters. The quantitative estimate of drug-likeness (QED) is 0.785. The van der Waals surface area contributed by atoms with Crippen molar-refractivity contribution >= 4 is 23.5 Å². The van der Waals surface area contributed by atoms with Gasteiger partial charge in [0.25, 0.3) is 5.91 Å². The molecule has 1 rings (SSSR count). The van der Waals surface area contributed by atoms with Crippen LogP contribution >= 0.6 is 11.6 Å². The molecular formula is C9H7ClFNO4. The number of carboxylic acids is 1. The summed E-state index contributed by atoms with van der Waals surface area (Å²) in [5.41, 5.74) is 1.94. The zero-order valence-corrected chi connectivity index (χ0v) is 8.62. The van der Waals surface area contributed by atoms with E-state index in [4.69, 9.17) is 16.7 Å². The number of nitrogens with one attached hydrogen (secondary N) is 1. The molecule has 0 radical (unpaired) electrons. The fourth-order valence-corrected chi connectivity index (χ4v) is 1.04. The first-order valence-electron chi connectivity index (χ1n) is 4.09. The summed E-state index contributed by atoms with van der Waals surface area (Å²) in [5, 5.41) is 8.03. The van der Waals surface area contributed by atoms with Crippen LogP contribution in [0.2, 0.25) is 5.02 Å². The number of rotatable bonds is 4. The first-order chi connectivity index (χ1) is 7.50. The van der Waals surface area contributed by atoms with Crippen molar-refractivity contribution in [1.29, 1.82) is 0 Å². The number of hydrogen-bond donors (Lipinski definition) is 2. The van der Waals surface area contributed by atoms with Gasteiger partial charge in [-0.25, -0.2) is 14.7 Å². The van der Waals surface area contributed by atoms with E-state index in [2.05, 4.69) is 4.84 Å². The topological polar surface area (TPSA) is 75.6 Å². The van der Waals surface area contributed by atoms with Crippen molar-refractivity contribution in [3.05, 3.63) is 34.6 Å². The van der Waals surface area contributed by atoms with Gasteiger partial charge in [0, 0.05) is 5.56 Å². The monoisotopic (exact) mass is 247 g/mol. The maximum atomic E-state index is 12.7. The normalized spacial score (nSPS) is 9.88. The highest BCUT2D eigenvalue weighted by Gasteiger charge is 2.09. The van der Waals surface area contributed by atoms with Gasteiger partial charge in [-0.2, -0.15) is 0 Å². The van der Waals surface area contributed by atoms with E-state index in [0.717, 1.165) is 12.1 Å². The highest BCUT2D eigenvalue weighted by Crippen LogP contribution is 2.15. The maximum absolute atomic E-state index is 12.7. The van der Waals surface area contributed by atoms with Crippen molar-refractivity contribution in [2.24, 2.45) is 0 Å². The third-order valence-corrected chi connectivity index (χ3v) is 1.83. The lowest BCUT2D eigenvalue weighted by Gasteiger charge is -2.04. The van der Waals surface area contributed by atoms with Gasteiger partial charge in [0.2, 0.25) is 0 Å². The van der Waals surface area contributed by atoms with Gasteiger partial charge in [0.15, 0.2) is 6.61 Å². The van der Waals surface area contributed by atoms with Crippen molar-refractivity contribution in [3.8, 4) is 0 Å². The third-order valence-electron chi connectivity index (χ3n) is 1.54. The molecule has 0 unspecified atom stereocenters. The predicted octanol–water partition coefficient (Wildman–Crippen LogP) is 1.23. The smallest absolute Gasteiger partial charge is 0.332 e. The van der Waals surface area contributed by atoms with Gasteiger partial charge in [-0.3, -0.25) is 9.63 Å². The molecule has 0 bridgehead atoms. The minimum absolute atomic E-state index is 0.0665. The SMILES string of the molecule is O=C(O)CONC(=O)c1ccc(F)c(Cl)c1. The largest absolute Gasteiger partial charge is 0.479 e. The molecule has 16 heavy (non-hydrogen) atoms. The second kappa shape index (κ2) is 5.43. The summed E-state index contributed by atoms with van der Waals surface area (Å²) in [6.45, 7) is -0.666. The van der Waals surface area contributed by atoms with Crippen LogP contribution < -0.4 is 5.48 Å². The molecule has 7 heteroatoms. The average molecular weight is 248 g/mol. The summed E-state index contributed by atoms with van der Waals surface area (Å²) >= 11 is 5.45. The Labute approximate surface area is 94.7 Å². The van der Waals surface area contributed by atoms with Crippen molar-refractivity contribution in [2.75, 3.05) is 6.61 Å². The molecule has 5 nitrogen and oxygen atoms in total. The Morgan fingerprint density at radius 2 is 2.19 bits per heavy atom. The standard InChI is InChI=1S/C9H7ClFNO4/c10-6-3-5(1-2-7(6)11)9(15)12-16-4-8(13)14/h1-3H,4H2,(H,12,15)(H,13,14). The fraction of sp³-hybridized carbons (Fsp3) is 0.111. The van der Waals surface area contributed by atoms with Gasteiger partial charge in [-0.05, 0) is 18.2 Å². The Kier molecular flexibility index (Phi) is 4.21. The molecular weight excluding hydrogens is 241 g/mol. The van der Waals surface area contributed by atoms with Crippen LogP contribution in [0.5, 0.6) is 0 Å². The molecule has 0 fully saturated rings. The van der Waals surface area contributed by atoms with E-state index >= 15 is 0 Å². The van der Waals surface area contributed by atoms with Gasteiger partial charge in [-0.1, -0.05) is 11.6 Å². The highest BCUT2D eigenvalue weighted by molar-refractivity contribution is 6.31. The average Bonchev–Trinajstić information content (AvgIpc) is 2.21. The number of amides is 1. The van der Waals surface area contributed by atoms with Gasteiger partial charge in [-0.15, -0.1) is 0 Å². The Bertz CT molecular complexity index is 424. The molecule has 0 saturated carbocycles. The van der Waals surface area contributed by atoms with Crippen molar-refractivity contribution < 1.29 is 23.9 Å². The molecule has 0 aliphatic carbocycles. The first-order valence-corrected chi connectivity index (χ1v) is 4.47. The summed E-state index contributed by atoms with van der Waals surface area (Å²) in [7, 11) is 0. The molecule has 0 aliphatic rings. The minimum Gasteiger partial charge on any atom is -0.479 e. The molecule has 1 amide bonds. The number of hydrogen-bond acceptors (Lipinski definition) is 3. The van der Waals surface area contributed by atoms with E-state index in [1.54, 1.807) is 0 Å². The third kappa shape index (κ3) is 3.48. The maximum Gasteiger partial charge on any atom is 0.332 e. The van der Waals surface area contributed by atoms with Crippen LogP contribution in [0.4, 0.5) is 4.39 Å². The van der Waals surface area contributed by atoms with E-state index in [1.807, 2.05) is 5.48 Å². The molecule has 0 spiro atoms. The van der Waals surface area contributed by atoms with Crippen LogP contribution in [0.3, 0.4) is 0 Å². The molecule has 0 saturated heterocycles. The van der Waals surface area contributed by atoms with Crippen molar-refractivity contribution in [1.82, 2.24) is 5.48 Å². The lowest BCUT2D eigenvalue weighted by atomic mass is 10.2. The molecule has 1 aromatic carbocycles. The van der Waals surface area contributed by atoms with Gasteiger partial charge in [0.05, 0.1) is 5.02 Å². The van der Waals surface area contributed by atoms with Gasteiger partial charge >= 0.3 is 5.97 Å². The number of carbonyl (C=O) groups excluding carboxylic acids is 1. The van der Waals surface area contributed by atoms with Crippen LogP contribution in [-0.2, 0) is 9.63 Å². The summed E-state index contributed by atoms with van der Waals surface area (Å²) in [5.74, 6) is -2.58. The summed E-state index contributed by atoms with van der Waals surface area (Å²) in [4.78, 5) is 25.7. The summed E-state index contributed by atoms with van der Waals surface area (Å²) < 4.78 is 12.7. The first kappa shape index (κ1) is 12.4. The number of benzene rings is 1. The number of hydroxylamine groups is 1. The molecule has 0 aliphatic heterocycles. The van der Waals surface area contributed by atoms with Crippen LogP contribution in [0.25, 0.3) is 0 Å². The second-order valence-corrected chi connectivity index (χ2v) is 3.15. The minimum atomic E-state index is -1.22. The van der Waals surface area contributed by atoms with Gasteiger partial charge < -0.3 is 5.11 Å². The van der Waals surface area contributed by atoms with E-state index in [1.165, 1.54) is 6.07 Å². The number of halogens is 2. The van der Waals surface area contributed by atoms with Crippen molar-refractivity contribution in [3.63, 3.8) is 0 Å². The van der Waals surface area contributed by atoms with Crippen LogP contribution in [0, 0.1) is 5.82 Å². The second-order valence-electron chi connectivity index (χ2n) is 2.74. The lowest BCUT2D eigenvalue weighted by molar-refractivity contribution is -0.144. The number of carbonyl (C=O) groups is 2. The molecule has 1 aromatic rings. The zero-order chi connectivity index (χ0) is 12.1. The molecule has 0 aromatic heterocycles. The Morgan fingerprint density at radius 3 is 2.75 bits per heavy atom. The van der Waals surface area contributed by atoms with Crippen LogP contribution in [0.15, 0.2) is 18.2 Å². The van der Waals surface area contributed by atoms with Gasteiger partial charge in [0.1, 0.15) is 5.82 Å².